The maximum Gasteiger partial charge on any atom is 0.554 e. The molecular weight excluding hydrogens is 200 g/mol. The monoisotopic (exact) mass is 212 g/mol. The molecule has 1 unspecified atom stereocenters. The van der Waals surface area contributed by atoms with Gasteiger partial charge in [0, 0.05) is 0 Å². The molecule has 0 aliphatic rings. The number of hydrogen-bond acceptors (Lipinski definition) is 3. The summed E-state index contributed by atoms with van der Waals surface area (Å²) in [6.07, 6.45) is -0.171. The van der Waals surface area contributed by atoms with Gasteiger partial charge in [0.05, 0.1) is 6.10 Å². The van der Waals surface area contributed by atoms with Crippen LogP contribution in [0.2, 0.25) is 0 Å². The molecule has 4 nitrogen and oxygen atoms in total. The first-order valence-electron chi connectivity index (χ1n) is 3.53. The Labute approximate surface area is 77.2 Å². The largest absolute Gasteiger partial charge is 0.554 e. The molecule has 2 atom stereocenters. The third kappa shape index (κ3) is 5.47. The van der Waals surface area contributed by atoms with E-state index in [2.05, 4.69) is 5.09 Å². The summed E-state index contributed by atoms with van der Waals surface area (Å²) in [5.41, 5.74) is 0. The van der Waals surface area contributed by atoms with Gasteiger partial charge in [0.2, 0.25) is 11.2 Å². The van der Waals surface area contributed by atoms with Gasteiger partial charge in [-0.15, -0.1) is 0 Å². The summed E-state index contributed by atoms with van der Waals surface area (Å²) in [5.74, 6) is -0.450. The number of carbonyl (C=O) groups excluding carboxylic acids is 1. The summed E-state index contributed by atoms with van der Waals surface area (Å²) in [6.45, 7) is 5.02. The Balaban J connectivity index is 3.85. The fourth-order valence-electron chi connectivity index (χ4n) is 0.539. The van der Waals surface area contributed by atoms with Gasteiger partial charge in [0.15, 0.2) is 0 Å². The van der Waals surface area contributed by atoms with E-state index in [1.807, 2.05) is 0 Å². The molecule has 0 aromatic rings. The molecule has 0 fully saturated rings. The number of nitrogens with one attached hydrogen (secondary N) is 1. The fraction of sp³-hybridized carbons (Fsp3) is 0.833. The average Bonchev–Trinajstić information content (AvgIpc) is 1.84. The summed E-state index contributed by atoms with van der Waals surface area (Å²) in [4.78, 5) is 11.0. The minimum Gasteiger partial charge on any atom is -0.462 e. The summed E-state index contributed by atoms with van der Waals surface area (Å²) in [7, 11) is -2.03. The second-order valence-electron chi connectivity index (χ2n) is 2.58. The smallest absolute Gasteiger partial charge is 0.462 e. The van der Waals surface area contributed by atoms with Crippen LogP contribution in [0.15, 0.2) is 0 Å². The zero-order valence-corrected chi connectivity index (χ0v) is 8.85. The van der Waals surface area contributed by atoms with Gasteiger partial charge in [0.1, 0.15) is 6.04 Å². The van der Waals surface area contributed by atoms with Gasteiger partial charge < -0.3 is 4.74 Å². The topological polar surface area (TPSA) is 55.4 Å². The average molecular weight is 213 g/mol. The van der Waals surface area contributed by atoms with Gasteiger partial charge in [-0.3, -0.25) is 4.79 Å². The van der Waals surface area contributed by atoms with Crippen molar-refractivity contribution in [3.05, 3.63) is 0 Å². The first-order valence-corrected chi connectivity index (χ1v) is 5.69. The molecule has 6 heteroatoms. The van der Waals surface area contributed by atoms with E-state index in [9.17, 15) is 9.36 Å². The Morgan fingerprint density at radius 3 is 2.33 bits per heavy atom. The van der Waals surface area contributed by atoms with Crippen LogP contribution in [-0.2, 0) is 14.1 Å². The number of esters is 1. The zero-order valence-electron chi connectivity index (χ0n) is 7.20. The van der Waals surface area contributed by atoms with E-state index in [4.69, 9.17) is 16.0 Å². The van der Waals surface area contributed by atoms with Crippen LogP contribution in [0.4, 0.5) is 0 Å². The predicted molar refractivity (Wildman–Crippen MR) is 47.3 cm³/mol. The van der Waals surface area contributed by atoms with Crippen molar-refractivity contribution in [1.29, 1.82) is 0 Å². The third-order valence-electron chi connectivity index (χ3n) is 1.00. The lowest BCUT2D eigenvalue weighted by Gasteiger charge is -2.09. The van der Waals surface area contributed by atoms with E-state index >= 15 is 0 Å². The van der Waals surface area contributed by atoms with E-state index in [1.165, 1.54) is 0 Å². The van der Waals surface area contributed by atoms with Gasteiger partial charge in [0.25, 0.3) is 0 Å². The molecule has 0 amide bonds. The number of rotatable bonds is 4. The van der Waals surface area contributed by atoms with Crippen molar-refractivity contribution in [1.82, 2.24) is 5.09 Å². The summed E-state index contributed by atoms with van der Waals surface area (Å²) < 4.78 is 15.3. The summed E-state index contributed by atoms with van der Waals surface area (Å²) in [5, 5.41) is 2.35. The minimum atomic E-state index is -2.03. The highest BCUT2D eigenvalue weighted by molar-refractivity contribution is 7.72. The lowest BCUT2D eigenvalue weighted by atomic mass is 10.4. The Morgan fingerprint density at radius 1 is 1.50 bits per heavy atom. The standard InChI is InChI=1S/C6H12ClNO3P/c1-4(2)11-6(9)5(3)8-12(7)10/h4-5H,1-3H3,(H,8,10)/q+1/t5-/m0/s1. The molecule has 70 valence electrons. The lowest BCUT2D eigenvalue weighted by molar-refractivity contribution is -0.148. The van der Waals surface area contributed by atoms with Crippen molar-refractivity contribution in [2.75, 3.05) is 0 Å². The van der Waals surface area contributed by atoms with Gasteiger partial charge in [-0.2, -0.15) is 0 Å². The van der Waals surface area contributed by atoms with E-state index < -0.39 is 19.3 Å². The van der Waals surface area contributed by atoms with Gasteiger partial charge in [-0.1, -0.05) is 5.09 Å². The Morgan fingerprint density at radius 2 is 2.00 bits per heavy atom. The number of ether oxygens (including phenoxy) is 1. The van der Waals surface area contributed by atoms with Crippen molar-refractivity contribution < 1.29 is 14.1 Å². The second-order valence-corrected chi connectivity index (χ2v) is 4.25. The van der Waals surface area contributed by atoms with E-state index in [1.54, 1.807) is 20.8 Å². The molecule has 0 bridgehead atoms. The molecule has 0 rings (SSSR count). The highest BCUT2D eigenvalue weighted by atomic mass is 35.7. The summed E-state index contributed by atoms with van der Waals surface area (Å²) in [6, 6.07) is -0.631. The van der Waals surface area contributed by atoms with Gasteiger partial charge >= 0.3 is 13.3 Å². The van der Waals surface area contributed by atoms with E-state index in [0.29, 0.717) is 0 Å². The molecule has 0 heterocycles. The second kappa shape index (κ2) is 5.46. The molecule has 0 radical (unpaired) electrons. The normalized spacial score (nSPS) is 14.2. The highest BCUT2D eigenvalue weighted by Crippen LogP contribution is 2.21. The Hall–Kier alpha value is -0.180. The van der Waals surface area contributed by atoms with Crippen LogP contribution >= 0.6 is 18.5 Å². The van der Waals surface area contributed by atoms with Crippen LogP contribution in [0.3, 0.4) is 0 Å². The van der Waals surface area contributed by atoms with Crippen LogP contribution in [-0.4, -0.2) is 18.1 Å². The molecule has 1 N–H and O–H groups in total. The van der Waals surface area contributed by atoms with Crippen molar-refractivity contribution in [2.45, 2.75) is 32.9 Å². The third-order valence-corrected chi connectivity index (χ3v) is 1.88. The van der Waals surface area contributed by atoms with Crippen LogP contribution in [0.1, 0.15) is 20.8 Å². The van der Waals surface area contributed by atoms with Gasteiger partial charge in [-0.25, -0.2) is 0 Å². The summed E-state index contributed by atoms with van der Waals surface area (Å²) >= 11 is 5.14. The van der Waals surface area contributed by atoms with Crippen LogP contribution in [0, 0.1) is 0 Å². The first kappa shape index (κ1) is 11.8. The zero-order chi connectivity index (χ0) is 9.72. The molecule has 0 saturated heterocycles. The maximum absolute atomic E-state index is 11.0. The van der Waals surface area contributed by atoms with Crippen molar-refractivity contribution in [3.8, 4) is 0 Å². The van der Waals surface area contributed by atoms with Gasteiger partial charge in [-0.05, 0) is 25.3 Å². The van der Waals surface area contributed by atoms with E-state index in [-0.39, 0.29) is 6.10 Å². The molecule has 0 spiro atoms. The maximum atomic E-state index is 11.0. The van der Waals surface area contributed by atoms with Crippen molar-refractivity contribution >= 4 is 24.5 Å². The van der Waals surface area contributed by atoms with Crippen LogP contribution in [0.25, 0.3) is 0 Å². The first-order chi connectivity index (χ1) is 5.43. The lowest BCUT2D eigenvalue weighted by Crippen LogP contribution is -2.31. The Bertz CT molecular complexity index is 186. The quantitative estimate of drug-likeness (QED) is 0.570. The number of halogens is 1. The SMILES string of the molecule is CC(C)OC(=O)[C@H](C)N[P+](=O)Cl. The molecule has 0 aromatic carbocycles. The molecule has 0 saturated carbocycles. The fourth-order valence-corrected chi connectivity index (χ4v) is 1.39. The molecule has 12 heavy (non-hydrogen) atoms. The predicted octanol–water partition coefficient (Wildman–Crippen LogP) is 1.81. The Kier molecular flexibility index (Phi) is 5.38. The minimum absolute atomic E-state index is 0.171. The molecule has 0 aliphatic heterocycles. The highest BCUT2D eigenvalue weighted by Gasteiger charge is 2.24. The van der Waals surface area contributed by atoms with Crippen molar-refractivity contribution in [2.24, 2.45) is 0 Å². The number of hydrogen-bond donors (Lipinski definition) is 1. The molecule has 0 aromatic heterocycles. The molecule has 0 aliphatic carbocycles. The van der Waals surface area contributed by atoms with Crippen LogP contribution in [0.5, 0.6) is 0 Å². The number of carbonyl (C=O) groups is 1. The molecular formula is C6H12ClNO3P+. The van der Waals surface area contributed by atoms with Crippen LogP contribution < -0.4 is 5.09 Å². The van der Waals surface area contributed by atoms with Crippen molar-refractivity contribution in [3.63, 3.8) is 0 Å². The van der Waals surface area contributed by atoms with E-state index in [0.717, 1.165) is 0 Å².